The lowest BCUT2D eigenvalue weighted by atomic mass is 9.94. The minimum absolute atomic E-state index is 0.608. The Labute approximate surface area is 115 Å². The van der Waals surface area contributed by atoms with Gasteiger partial charge in [-0.05, 0) is 19.8 Å². The fraction of sp³-hybridized carbons (Fsp3) is 0.714. The average Bonchev–Trinajstić information content (AvgIpc) is 2.44. The third kappa shape index (κ3) is 3.80. The molecule has 0 saturated heterocycles. The van der Waals surface area contributed by atoms with E-state index in [0.29, 0.717) is 12.6 Å². The van der Waals surface area contributed by atoms with E-state index < -0.39 is 0 Å². The molecule has 1 aromatic heterocycles. The molecule has 3 N–H and O–H groups in total. The zero-order valence-electron chi connectivity index (χ0n) is 12.0. The zero-order chi connectivity index (χ0) is 13.7. The van der Waals surface area contributed by atoms with Crippen LogP contribution >= 0.6 is 0 Å². The molecule has 1 saturated carbocycles. The van der Waals surface area contributed by atoms with Crippen LogP contribution in [-0.4, -0.2) is 36.1 Å². The second-order valence-electron chi connectivity index (χ2n) is 5.28. The molecule has 5 nitrogen and oxygen atoms in total. The van der Waals surface area contributed by atoms with Gasteiger partial charge in [-0.1, -0.05) is 19.3 Å². The molecule has 106 valence electrons. The average molecular weight is 263 g/mol. The van der Waals surface area contributed by atoms with Crippen LogP contribution in [0, 0.1) is 6.92 Å². The molecule has 5 heteroatoms. The van der Waals surface area contributed by atoms with Crippen LogP contribution in [0.1, 0.15) is 37.9 Å². The quantitative estimate of drug-likeness (QED) is 0.849. The highest BCUT2D eigenvalue weighted by Crippen LogP contribution is 2.25. The van der Waals surface area contributed by atoms with Crippen molar-refractivity contribution < 1.29 is 0 Å². The molecule has 0 unspecified atom stereocenters. The number of rotatable bonds is 5. The highest BCUT2D eigenvalue weighted by atomic mass is 15.2. The van der Waals surface area contributed by atoms with E-state index >= 15 is 0 Å². The molecule has 2 rings (SSSR count). The Morgan fingerprint density at radius 3 is 2.74 bits per heavy atom. The van der Waals surface area contributed by atoms with Gasteiger partial charge in [0.15, 0.2) is 0 Å². The first-order valence-electron chi connectivity index (χ1n) is 7.23. The van der Waals surface area contributed by atoms with E-state index in [0.717, 1.165) is 24.0 Å². The monoisotopic (exact) mass is 263 g/mol. The molecule has 0 aromatic carbocycles. The summed E-state index contributed by atoms with van der Waals surface area (Å²) < 4.78 is 0. The van der Waals surface area contributed by atoms with Crippen molar-refractivity contribution in [2.75, 3.05) is 30.4 Å². The maximum absolute atomic E-state index is 5.51. The van der Waals surface area contributed by atoms with Gasteiger partial charge >= 0.3 is 0 Å². The summed E-state index contributed by atoms with van der Waals surface area (Å²) in [5.41, 5.74) is 5.51. The second-order valence-corrected chi connectivity index (χ2v) is 5.28. The van der Waals surface area contributed by atoms with Crippen LogP contribution in [-0.2, 0) is 0 Å². The van der Waals surface area contributed by atoms with Crippen molar-refractivity contribution in [3.8, 4) is 0 Å². The Bertz CT molecular complexity index is 401. The first kappa shape index (κ1) is 14.1. The fourth-order valence-electron chi connectivity index (χ4n) is 2.68. The van der Waals surface area contributed by atoms with E-state index in [9.17, 15) is 0 Å². The van der Waals surface area contributed by atoms with Gasteiger partial charge in [0.1, 0.15) is 17.5 Å². The number of anilines is 2. The Morgan fingerprint density at radius 1 is 1.32 bits per heavy atom. The molecule has 0 radical (unpaired) electrons. The van der Waals surface area contributed by atoms with Gasteiger partial charge in [0.2, 0.25) is 0 Å². The summed E-state index contributed by atoms with van der Waals surface area (Å²) in [6, 6.07) is 2.64. The Kier molecular flexibility index (Phi) is 4.96. The lowest BCUT2D eigenvalue weighted by molar-refractivity contribution is 0.426. The summed E-state index contributed by atoms with van der Waals surface area (Å²) >= 11 is 0. The maximum Gasteiger partial charge on any atom is 0.134 e. The summed E-state index contributed by atoms with van der Waals surface area (Å²) in [5.74, 6) is 2.69. The van der Waals surface area contributed by atoms with E-state index in [1.54, 1.807) is 0 Å². The van der Waals surface area contributed by atoms with Crippen molar-refractivity contribution in [1.29, 1.82) is 0 Å². The fourth-order valence-corrected chi connectivity index (χ4v) is 2.68. The smallest absolute Gasteiger partial charge is 0.134 e. The number of hydrogen-bond donors (Lipinski definition) is 2. The highest BCUT2D eigenvalue weighted by Gasteiger charge is 2.19. The van der Waals surface area contributed by atoms with E-state index in [1.807, 2.05) is 13.0 Å². The third-order valence-electron chi connectivity index (χ3n) is 3.76. The van der Waals surface area contributed by atoms with Crippen LogP contribution in [0.3, 0.4) is 0 Å². The SMILES string of the molecule is Cc1nc(NCCN)cc(N(C)C2CCCCC2)n1. The van der Waals surface area contributed by atoms with Crippen molar-refractivity contribution in [2.45, 2.75) is 45.1 Å². The summed E-state index contributed by atoms with van der Waals surface area (Å²) in [4.78, 5) is 11.3. The van der Waals surface area contributed by atoms with Crippen molar-refractivity contribution in [1.82, 2.24) is 9.97 Å². The molecule has 0 aliphatic heterocycles. The number of aromatic nitrogens is 2. The molecule has 1 aliphatic rings. The van der Waals surface area contributed by atoms with Crippen LogP contribution < -0.4 is 16.0 Å². The molecular weight excluding hydrogens is 238 g/mol. The van der Waals surface area contributed by atoms with E-state index in [2.05, 4.69) is 27.2 Å². The molecule has 0 atom stereocenters. The second kappa shape index (κ2) is 6.70. The van der Waals surface area contributed by atoms with Gasteiger partial charge in [-0.15, -0.1) is 0 Å². The standard InChI is InChI=1S/C14H25N5/c1-11-17-13(16-9-8-15)10-14(18-11)19(2)12-6-4-3-5-7-12/h10,12H,3-9,15H2,1-2H3,(H,16,17,18). The lowest BCUT2D eigenvalue weighted by Gasteiger charge is -2.32. The van der Waals surface area contributed by atoms with Crippen LogP contribution in [0.2, 0.25) is 0 Å². The number of nitrogens with one attached hydrogen (secondary N) is 1. The molecule has 19 heavy (non-hydrogen) atoms. The van der Waals surface area contributed by atoms with Gasteiger partial charge < -0.3 is 16.0 Å². The molecular formula is C14H25N5. The normalized spacial score (nSPS) is 16.4. The van der Waals surface area contributed by atoms with Gasteiger partial charge in [0, 0.05) is 32.2 Å². The summed E-state index contributed by atoms with van der Waals surface area (Å²) in [6.45, 7) is 3.28. The van der Waals surface area contributed by atoms with Crippen molar-refractivity contribution in [3.05, 3.63) is 11.9 Å². The van der Waals surface area contributed by atoms with Crippen LogP contribution in [0.4, 0.5) is 11.6 Å². The van der Waals surface area contributed by atoms with E-state index in [1.165, 1.54) is 32.1 Å². The molecule has 0 spiro atoms. The minimum Gasteiger partial charge on any atom is -0.369 e. The van der Waals surface area contributed by atoms with Gasteiger partial charge in [0.25, 0.3) is 0 Å². The van der Waals surface area contributed by atoms with Gasteiger partial charge in [-0.25, -0.2) is 9.97 Å². The van der Waals surface area contributed by atoms with Crippen molar-refractivity contribution >= 4 is 11.6 Å². The molecule has 1 heterocycles. The van der Waals surface area contributed by atoms with Gasteiger partial charge in [0.05, 0.1) is 0 Å². The predicted octanol–water partition coefficient (Wildman–Crippen LogP) is 1.92. The Hall–Kier alpha value is -1.36. The minimum atomic E-state index is 0.608. The molecule has 1 fully saturated rings. The highest BCUT2D eigenvalue weighted by molar-refractivity contribution is 5.49. The van der Waals surface area contributed by atoms with E-state index in [-0.39, 0.29) is 0 Å². The number of nitrogens with two attached hydrogens (primary N) is 1. The largest absolute Gasteiger partial charge is 0.369 e. The summed E-state index contributed by atoms with van der Waals surface area (Å²) in [6.07, 6.45) is 6.57. The predicted molar refractivity (Wildman–Crippen MR) is 79.6 cm³/mol. The maximum atomic E-state index is 5.51. The Balaban J connectivity index is 2.11. The molecule has 0 bridgehead atoms. The zero-order valence-corrected chi connectivity index (χ0v) is 12.0. The number of hydrogen-bond acceptors (Lipinski definition) is 5. The van der Waals surface area contributed by atoms with Crippen LogP contribution in [0.25, 0.3) is 0 Å². The van der Waals surface area contributed by atoms with E-state index in [4.69, 9.17) is 5.73 Å². The molecule has 0 amide bonds. The topological polar surface area (TPSA) is 67.1 Å². The van der Waals surface area contributed by atoms with Crippen molar-refractivity contribution in [3.63, 3.8) is 0 Å². The van der Waals surface area contributed by atoms with Crippen LogP contribution in [0.5, 0.6) is 0 Å². The van der Waals surface area contributed by atoms with Gasteiger partial charge in [-0.3, -0.25) is 0 Å². The number of nitrogens with zero attached hydrogens (tertiary/aromatic N) is 3. The third-order valence-corrected chi connectivity index (χ3v) is 3.76. The summed E-state index contributed by atoms with van der Waals surface area (Å²) in [5, 5.41) is 3.23. The van der Waals surface area contributed by atoms with Crippen LogP contribution in [0.15, 0.2) is 6.07 Å². The van der Waals surface area contributed by atoms with Gasteiger partial charge in [-0.2, -0.15) is 0 Å². The first-order valence-corrected chi connectivity index (χ1v) is 7.23. The lowest BCUT2D eigenvalue weighted by Crippen LogP contribution is -2.34. The Morgan fingerprint density at radius 2 is 2.05 bits per heavy atom. The van der Waals surface area contributed by atoms with Crippen molar-refractivity contribution in [2.24, 2.45) is 5.73 Å². The molecule has 1 aliphatic carbocycles. The molecule has 1 aromatic rings. The summed E-state index contributed by atoms with van der Waals surface area (Å²) in [7, 11) is 2.14. The number of aryl methyl sites for hydroxylation is 1. The first-order chi connectivity index (χ1) is 9.20.